The molecule has 106 valence electrons. The van der Waals surface area contributed by atoms with E-state index in [2.05, 4.69) is 16.0 Å². The molecule has 20 heavy (non-hydrogen) atoms. The van der Waals surface area contributed by atoms with Gasteiger partial charge in [-0.1, -0.05) is 18.2 Å². The Morgan fingerprint density at radius 2 is 2.05 bits per heavy atom. The lowest BCUT2D eigenvalue weighted by Crippen LogP contribution is -2.49. The Bertz CT molecular complexity index is 515. The number of hydrogen-bond acceptors (Lipinski definition) is 3. The van der Waals surface area contributed by atoms with Crippen molar-refractivity contribution in [3.63, 3.8) is 0 Å². The van der Waals surface area contributed by atoms with Gasteiger partial charge in [0.1, 0.15) is 12.1 Å². The van der Waals surface area contributed by atoms with Gasteiger partial charge in [0.05, 0.1) is 0 Å². The fourth-order valence-corrected chi connectivity index (χ4v) is 2.39. The van der Waals surface area contributed by atoms with Crippen LogP contribution in [0.25, 0.3) is 0 Å². The molecule has 0 aromatic heterocycles. The molecule has 0 saturated heterocycles. The quantitative estimate of drug-likeness (QED) is 0.760. The second-order valence-electron chi connectivity index (χ2n) is 5.57. The standard InChI is InChI=1S/C15H19N3O2/c1-9(14(19)17-11-6-7-11)16-15(20)13-8-10-4-2-3-5-12(10)18-13/h2-5,9,11,13,18H,6-8H2,1H3,(H,16,20)(H,17,19)/t9?,13-/m0/s1. The van der Waals surface area contributed by atoms with Crippen LogP contribution in [0.15, 0.2) is 24.3 Å². The first-order valence-corrected chi connectivity index (χ1v) is 7.08. The van der Waals surface area contributed by atoms with E-state index in [0.29, 0.717) is 12.5 Å². The van der Waals surface area contributed by atoms with Gasteiger partial charge in [-0.3, -0.25) is 9.59 Å². The minimum atomic E-state index is -0.492. The third-order valence-electron chi connectivity index (χ3n) is 3.76. The Balaban J connectivity index is 1.53. The van der Waals surface area contributed by atoms with Gasteiger partial charge in [0, 0.05) is 18.2 Å². The molecule has 2 amide bonds. The molecule has 2 aliphatic rings. The minimum Gasteiger partial charge on any atom is -0.373 e. The highest BCUT2D eigenvalue weighted by Crippen LogP contribution is 2.25. The Morgan fingerprint density at radius 1 is 1.30 bits per heavy atom. The SMILES string of the molecule is CC(NC(=O)[C@@H]1Cc2ccccc2N1)C(=O)NC1CC1. The fourth-order valence-electron chi connectivity index (χ4n) is 2.39. The fraction of sp³-hybridized carbons (Fsp3) is 0.467. The molecule has 1 saturated carbocycles. The largest absolute Gasteiger partial charge is 0.373 e. The maximum atomic E-state index is 12.2. The Hall–Kier alpha value is -2.04. The molecule has 5 nitrogen and oxygen atoms in total. The third kappa shape index (κ3) is 2.76. The van der Waals surface area contributed by atoms with Crippen molar-refractivity contribution in [2.24, 2.45) is 0 Å². The summed E-state index contributed by atoms with van der Waals surface area (Å²) in [5.74, 6) is -0.226. The summed E-state index contributed by atoms with van der Waals surface area (Å²) in [6.07, 6.45) is 2.76. The third-order valence-corrected chi connectivity index (χ3v) is 3.76. The van der Waals surface area contributed by atoms with Gasteiger partial charge in [-0.25, -0.2) is 0 Å². The van der Waals surface area contributed by atoms with E-state index in [0.717, 1.165) is 24.1 Å². The van der Waals surface area contributed by atoms with Crippen molar-refractivity contribution in [2.45, 2.75) is 44.3 Å². The van der Waals surface area contributed by atoms with Crippen LogP contribution in [0.2, 0.25) is 0 Å². The average molecular weight is 273 g/mol. The minimum absolute atomic E-state index is 0.101. The number of fused-ring (bicyclic) bond motifs is 1. The van der Waals surface area contributed by atoms with E-state index in [-0.39, 0.29) is 17.9 Å². The van der Waals surface area contributed by atoms with Gasteiger partial charge >= 0.3 is 0 Å². The molecule has 0 bridgehead atoms. The van der Waals surface area contributed by atoms with Crippen LogP contribution in [-0.2, 0) is 16.0 Å². The highest BCUT2D eigenvalue weighted by Gasteiger charge is 2.30. The summed E-state index contributed by atoms with van der Waals surface area (Å²) in [5.41, 5.74) is 2.14. The molecule has 1 aliphatic heterocycles. The summed E-state index contributed by atoms with van der Waals surface area (Å²) < 4.78 is 0. The molecule has 3 N–H and O–H groups in total. The summed E-state index contributed by atoms with van der Waals surface area (Å²) in [6.45, 7) is 1.72. The number of benzene rings is 1. The zero-order valence-corrected chi connectivity index (χ0v) is 11.5. The molecule has 1 unspecified atom stereocenters. The molecule has 1 aromatic rings. The zero-order chi connectivity index (χ0) is 14.1. The molecule has 1 aromatic carbocycles. The van der Waals surface area contributed by atoms with Crippen molar-refractivity contribution in [1.29, 1.82) is 0 Å². The summed E-state index contributed by atoms with van der Waals surface area (Å²) in [6, 6.07) is 7.42. The van der Waals surface area contributed by atoms with Gasteiger partial charge in [0.2, 0.25) is 11.8 Å². The molecular formula is C15H19N3O2. The van der Waals surface area contributed by atoms with Crippen molar-refractivity contribution in [1.82, 2.24) is 10.6 Å². The highest BCUT2D eigenvalue weighted by molar-refractivity contribution is 5.92. The molecule has 1 aliphatic carbocycles. The van der Waals surface area contributed by atoms with Crippen LogP contribution in [0.3, 0.4) is 0 Å². The predicted molar refractivity (Wildman–Crippen MR) is 76.3 cm³/mol. The van der Waals surface area contributed by atoms with Crippen LogP contribution in [0.5, 0.6) is 0 Å². The molecule has 2 atom stereocenters. The topological polar surface area (TPSA) is 70.2 Å². The van der Waals surface area contributed by atoms with E-state index < -0.39 is 6.04 Å². The number of carbonyl (C=O) groups is 2. The van der Waals surface area contributed by atoms with Gasteiger partial charge in [0.25, 0.3) is 0 Å². The van der Waals surface area contributed by atoms with Crippen LogP contribution in [0.1, 0.15) is 25.3 Å². The first-order chi connectivity index (χ1) is 9.63. The van der Waals surface area contributed by atoms with Crippen LogP contribution in [-0.4, -0.2) is 29.9 Å². The van der Waals surface area contributed by atoms with Gasteiger partial charge in [0.15, 0.2) is 0 Å². The van der Waals surface area contributed by atoms with Gasteiger partial charge in [-0.15, -0.1) is 0 Å². The first kappa shape index (κ1) is 13.0. The Kier molecular flexibility index (Phi) is 3.34. The first-order valence-electron chi connectivity index (χ1n) is 7.08. The molecule has 3 rings (SSSR count). The van der Waals surface area contributed by atoms with E-state index in [9.17, 15) is 9.59 Å². The van der Waals surface area contributed by atoms with Crippen molar-refractivity contribution in [2.75, 3.05) is 5.32 Å². The monoisotopic (exact) mass is 273 g/mol. The van der Waals surface area contributed by atoms with Crippen molar-refractivity contribution < 1.29 is 9.59 Å². The predicted octanol–water partition coefficient (Wildman–Crippen LogP) is 0.806. The highest BCUT2D eigenvalue weighted by atomic mass is 16.2. The summed E-state index contributed by atoms with van der Waals surface area (Å²) in [7, 11) is 0. The lowest BCUT2D eigenvalue weighted by Gasteiger charge is -2.17. The molecular weight excluding hydrogens is 254 g/mol. The lowest BCUT2D eigenvalue weighted by molar-refractivity contribution is -0.129. The van der Waals surface area contributed by atoms with Crippen LogP contribution in [0.4, 0.5) is 5.69 Å². The average Bonchev–Trinajstić information content (AvgIpc) is 3.13. The number of nitrogens with one attached hydrogen (secondary N) is 3. The van der Waals surface area contributed by atoms with Crippen molar-refractivity contribution in [3.05, 3.63) is 29.8 Å². The van der Waals surface area contributed by atoms with Gasteiger partial charge < -0.3 is 16.0 Å². The maximum absolute atomic E-state index is 12.2. The normalized spacial score (nSPS) is 21.6. The van der Waals surface area contributed by atoms with Crippen LogP contribution >= 0.6 is 0 Å². The smallest absolute Gasteiger partial charge is 0.243 e. The lowest BCUT2D eigenvalue weighted by atomic mass is 10.1. The molecule has 5 heteroatoms. The molecule has 1 heterocycles. The van der Waals surface area contributed by atoms with E-state index in [1.807, 2.05) is 24.3 Å². The number of amides is 2. The van der Waals surface area contributed by atoms with E-state index >= 15 is 0 Å². The second kappa shape index (κ2) is 5.15. The van der Waals surface area contributed by atoms with E-state index in [1.165, 1.54) is 0 Å². The number of carbonyl (C=O) groups excluding carboxylic acids is 2. The molecule has 0 spiro atoms. The van der Waals surface area contributed by atoms with Crippen molar-refractivity contribution >= 4 is 17.5 Å². The molecule has 0 radical (unpaired) electrons. The summed E-state index contributed by atoms with van der Waals surface area (Å²) >= 11 is 0. The van der Waals surface area contributed by atoms with Gasteiger partial charge in [-0.2, -0.15) is 0 Å². The zero-order valence-electron chi connectivity index (χ0n) is 11.5. The molecule has 1 fully saturated rings. The number of rotatable bonds is 4. The van der Waals surface area contributed by atoms with Crippen molar-refractivity contribution in [3.8, 4) is 0 Å². The summed E-state index contributed by atoms with van der Waals surface area (Å²) in [5, 5.41) is 8.86. The summed E-state index contributed by atoms with van der Waals surface area (Å²) in [4.78, 5) is 24.0. The number of para-hydroxylation sites is 1. The number of hydrogen-bond donors (Lipinski definition) is 3. The second-order valence-corrected chi connectivity index (χ2v) is 5.57. The van der Waals surface area contributed by atoms with Crippen LogP contribution in [0, 0.1) is 0 Å². The van der Waals surface area contributed by atoms with Crippen LogP contribution < -0.4 is 16.0 Å². The Morgan fingerprint density at radius 3 is 2.75 bits per heavy atom. The van der Waals surface area contributed by atoms with E-state index in [1.54, 1.807) is 6.92 Å². The van der Waals surface area contributed by atoms with Gasteiger partial charge in [-0.05, 0) is 31.4 Å². The number of anilines is 1. The van der Waals surface area contributed by atoms with E-state index in [4.69, 9.17) is 0 Å². The Labute approximate surface area is 118 Å². The maximum Gasteiger partial charge on any atom is 0.243 e.